The third-order valence-corrected chi connectivity index (χ3v) is 25.2. The second-order valence-corrected chi connectivity index (χ2v) is 44.0. The second-order valence-electron chi connectivity index (χ2n) is 29.9. The van der Waals surface area contributed by atoms with E-state index in [0.717, 1.165) is 94.1 Å². The molecule has 0 unspecified atom stereocenters. The molecule has 13 aromatic rings. The van der Waals surface area contributed by atoms with E-state index in [2.05, 4.69) is 165 Å². The van der Waals surface area contributed by atoms with Gasteiger partial charge < -0.3 is 0 Å². The van der Waals surface area contributed by atoms with E-state index in [-0.39, 0.29) is 11.1 Å². The van der Waals surface area contributed by atoms with Gasteiger partial charge >= 0.3 is 0 Å². The Morgan fingerprint density at radius 3 is 0.703 bits per heavy atom. The molecule has 13 rings (SSSR count). The van der Waals surface area contributed by atoms with Crippen molar-refractivity contribution < 1.29 is 57.1 Å². The highest BCUT2D eigenvalue weighted by Gasteiger charge is 2.26. The summed E-state index contributed by atoms with van der Waals surface area (Å²) in [5, 5.41) is 11.1. The summed E-state index contributed by atoms with van der Waals surface area (Å²) in [5.74, 6) is -7.06. The molecule has 3 nitrogen and oxygen atoms in total. The molecule has 0 N–H and O–H groups in total. The Hall–Kier alpha value is -8.59. The average molecular weight is 1630 g/mol. The minimum Gasteiger partial charge on any atom is -0.200 e. The summed E-state index contributed by atoms with van der Waals surface area (Å²) < 4.78 is 180. The number of hydrogen-bond acceptors (Lipinski definition) is 7. The fourth-order valence-electron chi connectivity index (χ4n) is 13.1. The maximum absolute atomic E-state index is 14.9. The second kappa shape index (κ2) is 36.5. The molecule has 22 heteroatoms. The molecule has 0 amide bonds. The number of aromatic nitrogens is 3. The fraction of sp³-hybridized carbons (Fsp3) is 0.337. The van der Waals surface area contributed by atoms with Crippen LogP contribution in [0.3, 0.4) is 0 Å². The lowest BCUT2D eigenvalue weighted by atomic mass is 9.90. The van der Waals surface area contributed by atoms with Crippen LogP contribution in [0.25, 0.3) is 83.4 Å². The molecule has 0 radical (unpaired) electrons. The molecule has 0 saturated carbocycles. The van der Waals surface area contributed by atoms with Crippen molar-refractivity contribution in [3.8, 4) is 46.6 Å². The fourth-order valence-corrected chi connectivity index (χ4v) is 18.7. The van der Waals surface area contributed by atoms with Crippen LogP contribution in [-0.4, -0.2) is 31.1 Å². The van der Waals surface area contributed by atoms with Gasteiger partial charge in [0.1, 0.15) is 27.3 Å². The van der Waals surface area contributed by atoms with E-state index >= 15 is 0 Å². The molecular weight excluding hydrogens is 1540 g/mol. The molecule has 0 aliphatic heterocycles. The SMILES string of the molecule is CCCCCCc1cc2cc3c(C#C[Si](C)(C)C)c4cc5sc(CCCCCC)cc5cc4c(C#C[Si](C)(C)C)c3cc2s1.CCCCCCc1cc2cc3c(C#Cc4c(F)c(F)nc(F)c4F)c4cc5sc(CCCCCC)cc5cc4c(C#Cc4c(F)c(F)nc(F)c4F)c3cc2s1.Fc1nc(F)c(F)c(F)c1F. The van der Waals surface area contributed by atoms with Gasteiger partial charge in [0.15, 0.2) is 23.3 Å². The Balaban J connectivity index is 0.000000197. The predicted molar refractivity (Wildman–Crippen MR) is 440 cm³/mol. The number of nitrogens with zero attached hydrogens (tertiary/aromatic N) is 3. The van der Waals surface area contributed by atoms with Gasteiger partial charge in [0.05, 0.1) is 0 Å². The predicted octanol–water partition coefficient (Wildman–Crippen LogP) is 28.3. The molecule has 0 atom stereocenters. The molecule has 0 aliphatic carbocycles. The summed E-state index contributed by atoms with van der Waals surface area (Å²) in [6, 6.07) is 26.0. The molecule has 0 bridgehead atoms. The normalized spacial score (nSPS) is 11.6. The van der Waals surface area contributed by atoms with Crippen LogP contribution < -0.4 is 0 Å². The van der Waals surface area contributed by atoms with Crippen molar-refractivity contribution >= 4 is 145 Å². The Morgan fingerprint density at radius 1 is 0.252 bits per heavy atom. The highest BCUT2D eigenvalue weighted by atomic mass is 32.1. The van der Waals surface area contributed by atoms with E-state index < -0.39 is 104 Å². The first-order valence-electron chi connectivity index (χ1n) is 37.6. The summed E-state index contributed by atoms with van der Waals surface area (Å²) in [6.07, 6.45) is 22.9. The van der Waals surface area contributed by atoms with Gasteiger partial charge in [-0.15, -0.1) is 56.4 Å². The molecule has 0 saturated heterocycles. The zero-order valence-corrected chi connectivity index (χ0v) is 68.7. The van der Waals surface area contributed by atoms with Crippen molar-refractivity contribution in [3.63, 3.8) is 0 Å². The smallest absolute Gasteiger partial charge is 0.200 e. The van der Waals surface area contributed by atoms with Gasteiger partial charge in [-0.2, -0.15) is 50.1 Å². The van der Waals surface area contributed by atoms with Crippen LogP contribution in [-0.2, 0) is 25.7 Å². The number of pyridine rings is 3. The molecule has 0 fully saturated rings. The van der Waals surface area contributed by atoms with Crippen molar-refractivity contribution in [2.24, 2.45) is 0 Å². The van der Waals surface area contributed by atoms with E-state index in [9.17, 15) is 57.1 Å². The van der Waals surface area contributed by atoms with E-state index in [1.807, 2.05) is 59.1 Å². The number of aryl methyl sites for hydroxylation is 4. The van der Waals surface area contributed by atoms with Crippen molar-refractivity contribution in [1.29, 1.82) is 0 Å². The topological polar surface area (TPSA) is 38.7 Å². The molecule has 111 heavy (non-hydrogen) atoms. The summed E-state index contributed by atoms with van der Waals surface area (Å²) in [4.78, 5) is 12.6. The van der Waals surface area contributed by atoms with Gasteiger partial charge in [0, 0.05) is 82.1 Å². The standard InChI is InChI=1S/C44H32F8N2S2.C40H50S2Si2.C5F5N/c1-3-5-7-9-11-25-17-23-19-31-27(13-15-29-37(45)41(49)53-42(50)38(29)46)34-22-36-24(18-26(56-36)12-10-8-6-4-2)20-32(34)28(33(31)21-35(23)55-25)14-16-30-39(47)43(51)54-44(52)40(30)48;1-9-11-13-15-17-31-23-29-25-35-33(19-21-43(3,4)5)38-28-40-30(24-32(42-40)18-16-14-12-10-2)26-36(38)34(20-22-44(6,7)8)37(35)27-39(29)41-31;6-1-2(7)4(9)11-5(10)3(1)8/h17-22H,3-12H2,1-2H3;23-28H,9-18H2,1-8H3;. The van der Waals surface area contributed by atoms with Crippen molar-refractivity contribution in [2.75, 3.05) is 0 Å². The number of benzene rings is 6. The number of hydrogen-bond donors (Lipinski definition) is 0. The van der Waals surface area contributed by atoms with Crippen LogP contribution in [0.1, 0.15) is 183 Å². The largest absolute Gasteiger partial charge is 0.254 e. The van der Waals surface area contributed by atoms with Crippen LogP contribution in [0.15, 0.2) is 72.8 Å². The van der Waals surface area contributed by atoms with Gasteiger partial charge in [-0.25, -0.2) is 22.0 Å². The number of thiophene rings is 4. The average Bonchev–Trinajstić information content (AvgIpc) is 1.70. The van der Waals surface area contributed by atoms with E-state index in [1.165, 1.54) is 127 Å². The lowest BCUT2D eigenvalue weighted by Crippen LogP contribution is -2.16. The summed E-state index contributed by atoms with van der Waals surface area (Å²) in [5.41, 5.74) is 8.10. The van der Waals surface area contributed by atoms with Gasteiger partial charge in [0.25, 0.3) is 35.7 Å². The maximum Gasteiger partial charge on any atom is 0.254 e. The third kappa shape index (κ3) is 19.7. The maximum atomic E-state index is 14.9. The minimum atomic E-state index is -2.20. The third-order valence-electron chi connectivity index (χ3n) is 18.8. The van der Waals surface area contributed by atoms with Crippen LogP contribution in [0.4, 0.5) is 57.1 Å². The molecule has 0 aliphatic rings. The first-order chi connectivity index (χ1) is 53.0. The number of halogens is 13. The van der Waals surface area contributed by atoms with E-state index in [0.29, 0.717) is 21.5 Å². The lowest BCUT2D eigenvalue weighted by Gasteiger charge is -2.13. The first-order valence-corrected chi connectivity index (χ1v) is 47.9. The van der Waals surface area contributed by atoms with Crippen molar-refractivity contribution in [3.05, 3.63) is 202 Å². The van der Waals surface area contributed by atoms with Crippen LogP contribution in [0.2, 0.25) is 39.3 Å². The monoisotopic (exact) mass is 1620 g/mol. The van der Waals surface area contributed by atoms with Gasteiger partial charge in [-0.1, -0.05) is 180 Å². The molecule has 7 heterocycles. The lowest BCUT2D eigenvalue weighted by molar-refractivity contribution is 0.348. The molecular formula is C89H82F13N3S4Si2. The van der Waals surface area contributed by atoms with Crippen LogP contribution in [0.5, 0.6) is 0 Å². The van der Waals surface area contributed by atoms with Crippen molar-refractivity contribution in [1.82, 2.24) is 15.0 Å². The quantitative estimate of drug-likeness (QED) is 0.0191. The molecule has 7 aromatic heterocycles. The zero-order valence-electron chi connectivity index (χ0n) is 63.5. The zero-order chi connectivity index (χ0) is 79.8. The molecule has 6 aromatic carbocycles. The summed E-state index contributed by atoms with van der Waals surface area (Å²) >= 11 is 7.06. The highest BCUT2D eigenvalue weighted by molar-refractivity contribution is 7.20. The molecule has 576 valence electrons. The van der Waals surface area contributed by atoms with Crippen molar-refractivity contribution in [2.45, 2.75) is 195 Å². The molecule has 0 spiro atoms. The highest BCUT2D eigenvalue weighted by Crippen LogP contribution is 2.44. The van der Waals surface area contributed by atoms with E-state index in [1.54, 1.807) is 22.7 Å². The van der Waals surface area contributed by atoms with Crippen LogP contribution >= 0.6 is 45.3 Å². The minimum absolute atomic E-state index is 0.243. The summed E-state index contributed by atoms with van der Waals surface area (Å²) in [6.45, 7) is 22.9. The van der Waals surface area contributed by atoms with Gasteiger partial charge in [-0.3, -0.25) is 0 Å². The van der Waals surface area contributed by atoms with Crippen LogP contribution in [0, 0.1) is 123 Å². The first kappa shape index (κ1) is 83.4. The Morgan fingerprint density at radius 2 is 0.468 bits per heavy atom. The van der Waals surface area contributed by atoms with Gasteiger partial charge in [0.2, 0.25) is 17.5 Å². The number of unbranched alkanes of at least 4 members (excludes halogenated alkanes) is 12. The Labute approximate surface area is 656 Å². The van der Waals surface area contributed by atoms with Gasteiger partial charge in [-0.05, 0) is 167 Å². The Bertz CT molecular complexity index is 5400. The van der Waals surface area contributed by atoms with E-state index in [4.69, 9.17) is 0 Å². The number of fused-ring (bicyclic) bond motifs is 8. The summed E-state index contributed by atoms with van der Waals surface area (Å²) in [7, 11) is -3.18. The Kier molecular flexibility index (Phi) is 27.4. The number of rotatable bonds is 20.